The summed E-state index contributed by atoms with van der Waals surface area (Å²) in [6.45, 7) is 0.103. The molecule has 0 spiro atoms. The minimum absolute atomic E-state index is 0.0809. The van der Waals surface area contributed by atoms with Gasteiger partial charge in [0.05, 0.1) is 12.0 Å². The number of aromatic nitrogens is 2. The van der Waals surface area contributed by atoms with Gasteiger partial charge in [0.1, 0.15) is 5.69 Å². The SMILES string of the molecule is O=C(NNC(=O)c1cc(-c2ccco2)n(-c2ccc(Cl)cc2)n1)c1ccc2c(c1)OCO2. The van der Waals surface area contributed by atoms with E-state index in [0.717, 1.165) is 0 Å². The molecule has 2 aromatic carbocycles. The number of benzene rings is 2. The quantitative estimate of drug-likeness (QED) is 0.460. The molecule has 2 amide bonds. The van der Waals surface area contributed by atoms with Crippen LogP contribution in [0.15, 0.2) is 71.3 Å². The van der Waals surface area contributed by atoms with E-state index in [2.05, 4.69) is 16.0 Å². The number of nitrogens with zero attached hydrogens (tertiary/aromatic N) is 2. The van der Waals surface area contributed by atoms with E-state index in [4.69, 9.17) is 25.5 Å². The van der Waals surface area contributed by atoms with E-state index in [9.17, 15) is 9.59 Å². The summed E-state index contributed by atoms with van der Waals surface area (Å²) in [5, 5.41) is 4.95. The van der Waals surface area contributed by atoms with Crippen LogP contribution in [0.3, 0.4) is 0 Å². The number of carbonyl (C=O) groups is 2. The number of carbonyl (C=O) groups excluding carboxylic acids is 2. The van der Waals surface area contributed by atoms with Gasteiger partial charge >= 0.3 is 0 Å². The molecule has 0 bridgehead atoms. The molecule has 0 aliphatic carbocycles. The molecule has 4 aromatic rings. The minimum Gasteiger partial charge on any atom is -0.463 e. The summed E-state index contributed by atoms with van der Waals surface area (Å²) in [6.07, 6.45) is 1.53. The number of amides is 2. The highest BCUT2D eigenvalue weighted by atomic mass is 35.5. The molecule has 2 N–H and O–H groups in total. The first-order chi connectivity index (χ1) is 15.6. The van der Waals surface area contributed by atoms with Gasteiger partial charge in [-0.05, 0) is 54.6 Å². The second-order valence-electron chi connectivity index (χ2n) is 6.76. The molecule has 0 radical (unpaired) electrons. The summed E-state index contributed by atoms with van der Waals surface area (Å²) in [7, 11) is 0. The fourth-order valence-electron chi connectivity index (χ4n) is 3.16. The topological polar surface area (TPSA) is 108 Å². The Morgan fingerprint density at radius 3 is 2.50 bits per heavy atom. The van der Waals surface area contributed by atoms with Crippen LogP contribution >= 0.6 is 11.6 Å². The van der Waals surface area contributed by atoms with E-state index in [0.29, 0.717) is 39.2 Å². The number of rotatable bonds is 4. The van der Waals surface area contributed by atoms with E-state index in [1.807, 2.05) is 0 Å². The highest BCUT2D eigenvalue weighted by Gasteiger charge is 2.20. The van der Waals surface area contributed by atoms with E-state index in [1.54, 1.807) is 59.3 Å². The molecule has 0 saturated carbocycles. The molecule has 0 atom stereocenters. The molecule has 3 heterocycles. The summed E-state index contributed by atoms with van der Waals surface area (Å²) < 4.78 is 17.5. The van der Waals surface area contributed by atoms with Gasteiger partial charge in [0.25, 0.3) is 11.8 Å². The monoisotopic (exact) mass is 450 g/mol. The molecule has 9 nitrogen and oxygen atoms in total. The molecule has 32 heavy (non-hydrogen) atoms. The Balaban J connectivity index is 1.36. The van der Waals surface area contributed by atoms with Crippen LogP contribution in [0.5, 0.6) is 11.5 Å². The van der Waals surface area contributed by atoms with Gasteiger partial charge in [0.2, 0.25) is 6.79 Å². The van der Waals surface area contributed by atoms with Crippen molar-refractivity contribution in [2.24, 2.45) is 0 Å². The smallest absolute Gasteiger partial charge is 0.290 e. The summed E-state index contributed by atoms with van der Waals surface area (Å²) in [5.74, 6) is 0.438. The van der Waals surface area contributed by atoms with Crippen LogP contribution in [-0.2, 0) is 0 Å². The maximum atomic E-state index is 12.7. The Labute approximate surface area is 186 Å². The van der Waals surface area contributed by atoms with Gasteiger partial charge in [0.15, 0.2) is 23.0 Å². The summed E-state index contributed by atoms with van der Waals surface area (Å²) >= 11 is 5.98. The molecular weight excluding hydrogens is 436 g/mol. The van der Waals surface area contributed by atoms with E-state index in [-0.39, 0.29) is 12.5 Å². The third-order valence-electron chi connectivity index (χ3n) is 4.71. The predicted molar refractivity (Wildman–Crippen MR) is 114 cm³/mol. The third kappa shape index (κ3) is 3.77. The fraction of sp³-hybridized carbons (Fsp3) is 0.0455. The molecule has 0 unspecified atom stereocenters. The Kier molecular flexibility index (Phi) is 5.00. The van der Waals surface area contributed by atoms with Crippen LogP contribution in [0.25, 0.3) is 17.1 Å². The van der Waals surface area contributed by atoms with Crippen LogP contribution in [0.2, 0.25) is 5.02 Å². The predicted octanol–water partition coefficient (Wildman–Crippen LogP) is 3.59. The number of hydrazine groups is 1. The zero-order valence-corrected chi connectivity index (χ0v) is 17.1. The number of ether oxygens (including phenoxy) is 2. The van der Waals surface area contributed by atoms with Gasteiger partial charge in [-0.1, -0.05) is 11.6 Å². The van der Waals surface area contributed by atoms with Crippen molar-refractivity contribution in [1.82, 2.24) is 20.6 Å². The number of fused-ring (bicyclic) bond motifs is 1. The zero-order chi connectivity index (χ0) is 22.1. The van der Waals surface area contributed by atoms with Gasteiger partial charge in [-0.3, -0.25) is 20.4 Å². The summed E-state index contributed by atoms with van der Waals surface area (Å²) in [4.78, 5) is 25.1. The summed E-state index contributed by atoms with van der Waals surface area (Å²) in [5.41, 5.74) is 6.38. The van der Waals surface area contributed by atoms with Crippen LogP contribution in [0, 0.1) is 0 Å². The van der Waals surface area contributed by atoms with Crippen LogP contribution < -0.4 is 20.3 Å². The first-order valence-corrected chi connectivity index (χ1v) is 9.86. The van der Waals surface area contributed by atoms with E-state index in [1.165, 1.54) is 12.3 Å². The lowest BCUT2D eigenvalue weighted by molar-refractivity contribution is 0.0843. The van der Waals surface area contributed by atoms with Gasteiger partial charge in [-0.15, -0.1) is 0 Å². The maximum Gasteiger partial charge on any atom is 0.290 e. The average Bonchev–Trinajstić information content (AvgIpc) is 3.57. The van der Waals surface area contributed by atoms with Crippen molar-refractivity contribution in [2.75, 3.05) is 6.79 Å². The van der Waals surface area contributed by atoms with E-state index >= 15 is 0 Å². The largest absolute Gasteiger partial charge is 0.463 e. The van der Waals surface area contributed by atoms with Gasteiger partial charge in [-0.2, -0.15) is 5.10 Å². The molecule has 1 aliphatic rings. The average molecular weight is 451 g/mol. The highest BCUT2D eigenvalue weighted by Crippen LogP contribution is 2.32. The van der Waals surface area contributed by atoms with Crippen LogP contribution in [-0.4, -0.2) is 28.4 Å². The van der Waals surface area contributed by atoms with Gasteiger partial charge in [-0.25, -0.2) is 4.68 Å². The second-order valence-corrected chi connectivity index (χ2v) is 7.19. The number of halogens is 1. The Bertz CT molecular complexity index is 1300. The Hall–Kier alpha value is -4.24. The molecule has 160 valence electrons. The van der Waals surface area contributed by atoms with Crippen molar-refractivity contribution in [3.05, 3.63) is 83.2 Å². The lowest BCUT2D eigenvalue weighted by atomic mass is 10.2. The summed E-state index contributed by atoms with van der Waals surface area (Å²) in [6, 6.07) is 16.8. The number of nitrogens with one attached hydrogen (secondary N) is 2. The van der Waals surface area contributed by atoms with Crippen molar-refractivity contribution in [2.45, 2.75) is 0 Å². The molecule has 5 rings (SSSR count). The van der Waals surface area contributed by atoms with Gasteiger partial charge < -0.3 is 13.9 Å². The lowest BCUT2D eigenvalue weighted by Crippen LogP contribution is -2.41. The molecule has 10 heteroatoms. The molecule has 0 saturated heterocycles. The van der Waals surface area contributed by atoms with Crippen LogP contribution in [0.1, 0.15) is 20.8 Å². The number of hydrogen-bond donors (Lipinski definition) is 2. The van der Waals surface area contributed by atoms with Gasteiger partial charge in [0, 0.05) is 16.7 Å². The maximum absolute atomic E-state index is 12.7. The molecule has 2 aromatic heterocycles. The van der Waals surface area contributed by atoms with Crippen molar-refractivity contribution in [3.63, 3.8) is 0 Å². The number of furan rings is 1. The van der Waals surface area contributed by atoms with Crippen LogP contribution in [0.4, 0.5) is 0 Å². The highest BCUT2D eigenvalue weighted by molar-refractivity contribution is 6.30. The minimum atomic E-state index is -0.598. The normalized spacial score (nSPS) is 11.9. The van der Waals surface area contributed by atoms with E-state index < -0.39 is 11.8 Å². The van der Waals surface area contributed by atoms with Crippen molar-refractivity contribution in [3.8, 4) is 28.6 Å². The standard InChI is InChI=1S/C22H15ClN4O5/c23-14-4-6-15(7-5-14)27-17(18-2-1-9-30-18)11-16(26-27)22(29)25-24-21(28)13-3-8-19-20(10-13)32-12-31-19/h1-11H,12H2,(H,24,28)(H,25,29). The molecule has 0 fully saturated rings. The van der Waals surface area contributed by atoms with Crippen molar-refractivity contribution >= 4 is 23.4 Å². The Morgan fingerprint density at radius 1 is 0.938 bits per heavy atom. The first-order valence-electron chi connectivity index (χ1n) is 9.49. The number of hydrogen-bond acceptors (Lipinski definition) is 6. The third-order valence-corrected chi connectivity index (χ3v) is 4.96. The van der Waals surface area contributed by atoms with Crippen molar-refractivity contribution < 1.29 is 23.5 Å². The molecule has 1 aliphatic heterocycles. The Morgan fingerprint density at radius 2 is 1.72 bits per heavy atom. The first kappa shape index (κ1) is 19.7. The lowest BCUT2D eigenvalue weighted by Gasteiger charge is -2.07. The fourth-order valence-corrected chi connectivity index (χ4v) is 3.28. The van der Waals surface area contributed by atoms with Crippen molar-refractivity contribution in [1.29, 1.82) is 0 Å². The molecular formula is C22H15ClN4O5. The second kappa shape index (κ2) is 8.12. The zero-order valence-electron chi connectivity index (χ0n) is 16.4.